The number of hydrogen-bond acceptors (Lipinski definition) is 4. The third-order valence-electron chi connectivity index (χ3n) is 3.75. The lowest BCUT2D eigenvalue weighted by Gasteiger charge is -2.12. The fourth-order valence-corrected chi connectivity index (χ4v) is 2.86. The zero-order chi connectivity index (χ0) is 17.6. The number of carbonyl (C=O) groups is 1. The van der Waals surface area contributed by atoms with Gasteiger partial charge in [0.25, 0.3) is 0 Å². The minimum absolute atomic E-state index is 0.154. The van der Waals surface area contributed by atoms with Crippen LogP contribution in [0.15, 0.2) is 36.4 Å². The van der Waals surface area contributed by atoms with Gasteiger partial charge in [-0.15, -0.1) is 0 Å². The molecule has 0 saturated heterocycles. The van der Waals surface area contributed by atoms with Gasteiger partial charge in [-0.05, 0) is 35.4 Å². The zero-order valence-electron chi connectivity index (χ0n) is 13.5. The largest absolute Gasteiger partial charge is 0.489 e. The van der Waals surface area contributed by atoms with Gasteiger partial charge in [-0.1, -0.05) is 23.7 Å². The van der Waals surface area contributed by atoms with Gasteiger partial charge in [-0.3, -0.25) is 4.79 Å². The first-order valence-corrected chi connectivity index (χ1v) is 8.37. The Bertz CT molecular complexity index is 813. The second kappa shape index (κ2) is 7.91. The van der Waals surface area contributed by atoms with E-state index in [-0.39, 0.29) is 12.3 Å². The summed E-state index contributed by atoms with van der Waals surface area (Å²) in [7, 11) is 0. The van der Waals surface area contributed by atoms with E-state index in [1.807, 2.05) is 12.1 Å². The van der Waals surface area contributed by atoms with Crippen LogP contribution in [-0.4, -0.2) is 19.1 Å². The molecule has 2 aromatic carbocycles. The molecule has 1 heterocycles. The molecule has 0 bridgehead atoms. The molecular weight excluding hydrogens is 340 g/mol. The van der Waals surface area contributed by atoms with Crippen molar-refractivity contribution in [2.45, 2.75) is 19.3 Å². The average Bonchev–Trinajstić information content (AvgIpc) is 2.82. The number of benzene rings is 2. The van der Waals surface area contributed by atoms with Gasteiger partial charge in [0.1, 0.15) is 0 Å². The van der Waals surface area contributed by atoms with E-state index in [4.69, 9.17) is 26.3 Å². The Morgan fingerprint density at radius 3 is 2.68 bits per heavy atom. The number of nitriles is 1. The fraction of sp³-hybridized carbons (Fsp3) is 0.263. The lowest BCUT2D eigenvalue weighted by atomic mass is 10.1. The number of hydrogen-bond donors (Lipinski definition) is 1. The van der Waals surface area contributed by atoms with Crippen LogP contribution in [0.5, 0.6) is 11.5 Å². The highest BCUT2D eigenvalue weighted by atomic mass is 35.5. The predicted octanol–water partition coefficient (Wildman–Crippen LogP) is 3.75. The zero-order valence-corrected chi connectivity index (χ0v) is 14.3. The molecule has 1 aliphatic heterocycles. The number of nitrogens with one attached hydrogen (secondary N) is 1. The van der Waals surface area contributed by atoms with Crippen LogP contribution < -0.4 is 14.8 Å². The minimum atomic E-state index is -0.154. The molecule has 0 fully saturated rings. The maximum Gasteiger partial charge on any atom is 0.228 e. The van der Waals surface area contributed by atoms with Crippen molar-refractivity contribution in [3.8, 4) is 17.6 Å². The van der Waals surface area contributed by atoms with Crippen molar-refractivity contribution in [1.29, 1.82) is 5.26 Å². The number of nitrogens with zero attached hydrogens (tertiary/aromatic N) is 1. The molecule has 2 aromatic rings. The van der Waals surface area contributed by atoms with Crippen LogP contribution in [0.25, 0.3) is 0 Å². The van der Waals surface area contributed by atoms with Crippen molar-refractivity contribution in [3.05, 3.63) is 52.5 Å². The Hall–Kier alpha value is -2.71. The van der Waals surface area contributed by atoms with Gasteiger partial charge < -0.3 is 14.8 Å². The molecule has 128 valence electrons. The highest BCUT2D eigenvalue weighted by Gasteiger charge is 2.16. The molecule has 25 heavy (non-hydrogen) atoms. The third kappa shape index (κ3) is 4.43. The summed E-state index contributed by atoms with van der Waals surface area (Å²) in [6.07, 6.45) is 1.32. The van der Waals surface area contributed by atoms with Crippen LogP contribution in [0.4, 0.5) is 5.69 Å². The Morgan fingerprint density at radius 2 is 1.92 bits per heavy atom. The van der Waals surface area contributed by atoms with Gasteiger partial charge in [0, 0.05) is 12.1 Å². The monoisotopic (exact) mass is 356 g/mol. The quantitative estimate of drug-likeness (QED) is 0.905. The van der Waals surface area contributed by atoms with E-state index in [2.05, 4.69) is 11.4 Å². The number of fused-ring (bicyclic) bond motifs is 1. The van der Waals surface area contributed by atoms with Crippen molar-refractivity contribution in [2.24, 2.45) is 0 Å². The van der Waals surface area contributed by atoms with Gasteiger partial charge in [0.15, 0.2) is 11.5 Å². The summed E-state index contributed by atoms with van der Waals surface area (Å²) >= 11 is 6.25. The number of rotatable bonds is 4. The summed E-state index contributed by atoms with van der Waals surface area (Å²) < 4.78 is 11.2. The maximum absolute atomic E-state index is 12.3. The van der Waals surface area contributed by atoms with E-state index in [1.54, 1.807) is 24.3 Å². The molecule has 0 unspecified atom stereocenters. The van der Waals surface area contributed by atoms with E-state index in [0.29, 0.717) is 41.8 Å². The van der Waals surface area contributed by atoms with Crippen molar-refractivity contribution in [3.63, 3.8) is 0 Å². The molecule has 0 atom stereocenters. The molecule has 5 nitrogen and oxygen atoms in total. The van der Waals surface area contributed by atoms with Gasteiger partial charge in [0.05, 0.1) is 37.1 Å². The number of ether oxygens (including phenoxy) is 2. The van der Waals surface area contributed by atoms with E-state index < -0.39 is 0 Å². The van der Waals surface area contributed by atoms with Crippen LogP contribution in [0.1, 0.15) is 17.5 Å². The molecule has 3 rings (SSSR count). The predicted molar refractivity (Wildman–Crippen MR) is 95.2 cm³/mol. The van der Waals surface area contributed by atoms with E-state index in [0.717, 1.165) is 17.5 Å². The third-order valence-corrected chi connectivity index (χ3v) is 4.03. The second-order valence-corrected chi connectivity index (χ2v) is 6.12. The van der Waals surface area contributed by atoms with Crippen LogP contribution in [-0.2, 0) is 17.6 Å². The van der Waals surface area contributed by atoms with E-state index in [9.17, 15) is 4.79 Å². The highest BCUT2D eigenvalue weighted by Crippen LogP contribution is 2.38. The molecule has 6 heteroatoms. The number of halogens is 1. The minimum Gasteiger partial charge on any atom is -0.489 e. The molecule has 0 aliphatic carbocycles. The summed E-state index contributed by atoms with van der Waals surface area (Å²) in [4.78, 5) is 12.3. The summed E-state index contributed by atoms with van der Waals surface area (Å²) in [6, 6.07) is 12.8. The second-order valence-electron chi connectivity index (χ2n) is 5.71. The van der Waals surface area contributed by atoms with Crippen LogP contribution >= 0.6 is 11.6 Å². The van der Waals surface area contributed by atoms with Crippen molar-refractivity contribution < 1.29 is 14.3 Å². The Labute approximate surface area is 151 Å². The number of amides is 1. The molecular formula is C19H17ClN2O3. The normalized spacial score (nSPS) is 12.8. The molecule has 0 radical (unpaired) electrons. The summed E-state index contributed by atoms with van der Waals surface area (Å²) in [5.74, 6) is 0.962. The Kier molecular flexibility index (Phi) is 5.42. The number of carbonyl (C=O) groups excluding carboxylic acids is 1. The first kappa shape index (κ1) is 17.1. The van der Waals surface area contributed by atoms with Gasteiger partial charge in [-0.25, -0.2) is 0 Å². The highest BCUT2D eigenvalue weighted by molar-refractivity contribution is 6.32. The topological polar surface area (TPSA) is 71.4 Å². The van der Waals surface area contributed by atoms with Crippen molar-refractivity contribution >= 4 is 23.2 Å². The van der Waals surface area contributed by atoms with Gasteiger partial charge in [0.2, 0.25) is 5.91 Å². The van der Waals surface area contributed by atoms with E-state index in [1.165, 1.54) is 0 Å². The molecule has 0 aromatic heterocycles. The number of anilines is 1. The first-order chi connectivity index (χ1) is 12.2. The van der Waals surface area contributed by atoms with Crippen molar-refractivity contribution in [1.82, 2.24) is 0 Å². The van der Waals surface area contributed by atoms with Gasteiger partial charge in [-0.2, -0.15) is 5.26 Å². The molecule has 1 amide bonds. The Morgan fingerprint density at radius 1 is 1.16 bits per heavy atom. The first-order valence-electron chi connectivity index (χ1n) is 7.99. The Balaban J connectivity index is 1.67. The van der Waals surface area contributed by atoms with Crippen LogP contribution in [0.3, 0.4) is 0 Å². The smallest absolute Gasteiger partial charge is 0.228 e. The maximum atomic E-state index is 12.3. The van der Waals surface area contributed by atoms with E-state index >= 15 is 0 Å². The molecule has 0 saturated carbocycles. The van der Waals surface area contributed by atoms with Crippen molar-refractivity contribution in [2.75, 3.05) is 18.5 Å². The summed E-state index contributed by atoms with van der Waals surface area (Å²) in [6.45, 7) is 1.13. The van der Waals surface area contributed by atoms with Crippen LogP contribution in [0.2, 0.25) is 5.02 Å². The summed E-state index contributed by atoms with van der Waals surface area (Å²) in [5, 5.41) is 12.0. The van der Waals surface area contributed by atoms with Crippen LogP contribution in [0, 0.1) is 11.3 Å². The summed E-state index contributed by atoms with van der Waals surface area (Å²) in [5.41, 5.74) is 2.36. The standard InChI is InChI=1S/C19H17ClN2O3/c20-16-10-14(11-17-19(16)25-9-1-8-24-17)12-18(23)22-15-4-2-13(3-5-15)6-7-21/h2-5,10-11H,1,6,8-9,12H2,(H,22,23). The SMILES string of the molecule is N#CCc1ccc(NC(=O)Cc2cc(Cl)c3c(c2)OCCCO3)cc1. The fourth-order valence-electron chi connectivity index (χ4n) is 2.57. The molecule has 1 N–H and O–H groups in total. The molecule has 0 spiro atoms. The average molecular weight is 357 g/mol. The lowest BCUT2D eigenvalue weighted by Crippen LogP contribution is -2.14. The molecule has 1 aliphatic rings. The van der Waals surface area contributed by atoms with Gasteiger partial charge >= 0.3 is 0 Å². The lowest BCUT2D eigenvalue weighted by molar-refractivity contribution is -0.115.